The first-order chi connectivity index (χ1) is 14.8. The molecule has 0 spiro atoms. The van der Waals surface area contributed by atoms with Gasteiger partial charge in [0, 0.05) is 29.5 Å². The molecule has 31 heavy (non-hydrogen) atoms. The highest BCUT2D eigenvalue weighted by Crippen LogP contribution is 2.23. The molecule has 3 N–H and O–H groups in total. The summed E-state index contributed by atoms with van der Waals surface area (Å²) in [6.07, 6.45) is 3.70. The summed E-state index contributed by atoms with van der Waals surface area (Å²) in [5.41, 5.74) is 6.27. The zero-order valence-corrected chi connectivity index (χ0v) is 18.4. The van der Waals surface area contributed by atoms with Crippen LogP contribution in [0.1, 0.15) is 36.0 Å². The van der Waals surface area contributed by atoms with Crippen molar-refractivity contribution in [3.63, 3.8) is 0 Å². The van der Waals surface area contributed by atoms with Gasteiger partial charge in [0.05, 0.1) is 10.5 Å². The molecule has 1 amide bonds. The molecule has 0 aliphatic carbocycles. The highest BCUT2D eigenvalue weighted by atomic mass is 35.5. The van der Waals surface area contributed by atoms with E-state index in [0.29, 0.717) is 23.8 Å². The van der Waals surface area contributed by atoms with Crippen LogP contribution >= 0.6 is 11.6 Å². The number of benzene rings is 2. The Morgan fingerprint density at radius 2 is 1.77 bits per heavy atom. The van der Waals surface area contributed by atoms with E-state index in [2.05, 4.69) is 5.32 Å². The topological polar surface area (TPSA) is 119 Å². The van der Waals surface area contributed by atoms with Crippen molar-refractivity contribution in [2.24, 2.45) is 0 Å². The second kappa shape index (κ2) is 10.1. The Kier molecular flexibility index (Phi) is 7.53. The minimum Gasteiger partial charge on any atom is -0.452 e. The number of halogens is 1. The molecule has 0 radical (unpaired) electrons. The van der Waals surface area contributed by atoms with Crippen molar-refractivity contribution >= 4 is 44.9 Å². The lowest BCUT2D eigenvalue weighted by molar-refractivity contribution is -0.119. The van der Waals surface area contributed by atoms with Crippen LogP contribution in [0.25, 0.3) is 0 Å². The maximum absolute atomic E-state index is 12.9. The van der Waals surface area contributed by atoms with Crippen LogP contribution in [-0.2, 0) is 19.6 Å². The SMILES string of the molecule is Nc1cc(Cl)ccc1C(=O)OCC(=O)Nc1cccc(S(=O)(=O)N2CCCCCC2)c1. The highest BCUT2D eigenvalue weighted by Gasteiger charge is 2.25. The Morgan fingerprint density at radius 1 is 1.06 bits per heavy atom. The van der Waals surface area contributed by atoms with E-state index in [-0.39, 0.29) is 16.1 Å². The van der Waals surface area contributed by atoms with Crippen LogP contribution < -0.4 is 11.1 Å². The molecule has 0 unspecified atom stereocenters. The van der Waals surface area contributed by atoms with Crippen molar-refractivity contribution in [3.8, 4) is 0 Å². The van der Waals surface area contributed by atoms with Crippen LogP contribution in [0.2, 0.25) is 5.02 Å². The number of nitrogens with zero attached hydrogens (tertiary/aromatic N) is 1. The van der Waals surface area contributed by atoms with Crippen LogP contribution in [0.15, 0.2) is 47.4 Å². The van der Waals surface area contributed by atoms with Gasteiger partial charge in [0.2, 0.25) is 10.0 Å². The minimum atomic E-state index is -3.64. The summed E-state index contributed by atoms with van der Waals surface area (Å²) >= 11 is 5.80. The van der Waals surface area contributed by atoms with Crippen LogP contribution in [0, 0.1) is 0 Å². The lowest BCUT2D eigenvalue weighted by atomic mass is 10.2. The zero-order chi connectivity index (χ0) is 22.4. The predicted octanol–water partition coefficient (Wildman–Crippen LogP) is 3.28. The van der Waals surface area contributed by atoms with E-state index in [1.807, 2.05) is 0 Å². The summed E-state index contributed by atoms with van der Waals surface area (Å²) in [6, 6.07) is 10.3. The van der Waals surface area contributed by atoms with E-state index in [9.17, 15) is 18.0 Å². The summed E-state index contributed by atoms with van der Waals surface area (Å²) in [5, 5.41) is 2.93. The van der Waals surface area contributed by atoms with Crippen molar-refractivity contribution in [2.45, 2.75) is 30.6 Å². The lowest BCUT2D eigenvalue weighted by Gasteiger charge is -2.20. The maximum Gasteiger partial charge on any atom is 0.340 e. The fourth-order valence-electron chi connectivity index (χ4n) is 3.29. The van der Waals surface area contributed by atoms with Crippen molar-refractivity contribution in [3.05, 3.63) is 53.1 Å². The molecule has 10 heteroatoms. The van der Waals surface area contributed by atoms with E-state index in [0.717, 1.165) is 25.7 Å². The normalized spacial score (nSPS) is 15.1. The van der Waals surface area contributed by atoms with Gasteiger partial charge in [-0.1, -0.05) is 30.5 Å². The average molecular weight is 466 g/mol. The van der Waals surface area contributed by atoms with Gasteiger partial charge in [-0.05, 0) is 49.2 Å². The molecule has 1 aliphatic rings. The van der Waals surface area contributed by atoms with Gasteiger partial charge in [-0.25, -0.2) is 13.2 Å². The number of nitrogens with two attached hydrogens (primary N) is 1. The van der Waals surface area contributed by atoms with E-state index in [1.165, 1.54) is 34.6 Å². The number of rotatable bonds is 6. The number of nitrogens with one attached hydrogen (secondary N) is 1. The molecule has 0 saturated carbocycles. The maximum atomic E-state index is 12.9. The Bertz CT molecular complexity index is 1070. The quantitative estimate of drug-likeness (QED) is 0.499. The molecule has 8 nitrogen and oxygen atoms in total. The van der Waals surface area contributed by atoms with Gasteiger partial charge in [0.15, 0.2) is 6.61 Å². The van der Waals surface area contributed by atoms with E-state index < -0.39 is 28.5 Å². The number of carbonyl (C=O) groups is 2. The second-order valence-electron chi connectivity index (χ2n) is 7.20. The molecule has 0 aromatic heterocycles. The van der Waals surface area contributed by atoms with Crippen molar-refractivity contribution in [1.82, 2.24) is 4.31 Å². The molecular formula is C21H24ClN3O5S. The fraction of sp³-hybridized carbons (Fsp3) is 0.333. The molecule has 166 valence electrons. The average Bonchev–Trinajstić information content (AvgIpc) is 3.02. The molecule has 0 bridgehead atoms. The van der Waals surface area contributed by atoms with Gasteiger partial charge >= 0.3 is 5.97 Å². The molecule has 1 fully saturated rings. The molecule has 1 saturated heterocycles. The molecule has 0 atom stereocenters. The number of anilines is 2. The lowest BCUT2D eigenvalue weighted by Crippen LogP contribution is -2.32. The third-order valence-corrected chi connectivity index (χ3v) is 7.02. The highest BCUT2D eigenvalue weighted by molar-refractivity contribution is 7.89. The Hall–Kier alpha value is -2.62. The van der Waals surface area contributed by atoms with Crippen LogP contribution in [-0.4, -0.2) is 44.3 Å². The third-order valence-electron chi connectivity index (χ3n) is 4.89. The van der Waals surface area contributed by atoms with Gasteiger partial charge in [-0.3, -0.25) is 4.79 Å². The molecular weight excluding hydrogens is 442 g/mol. The van der Waals surface area contributed by atoms with Gasteiger partial charge in [-0.15, -0.1) is 0 Å². The van der Waals surface area contributed by atoms with Crippen molar-refractivity contribution < 1.29 is 22.7 Å². The van der Waals surface area contributed by atoms with Gasteiger partial charge in [0.25, 0.3) is 5.91 Å². The molecule has 2 aromatic carbocycles. The van der Waals surface area contributed by atoms with Crippen LogP contribution in [0.4, 0.5) is 11.4 Å². The first-order valence-electron chi connectivity index (χ1n) is 9.89. The Morgan fingerprint density at radius 3 is 2.45 bits per heavy atom. The van der Waals surface area contributed by atoms with Crippen LogP contribution in [0.5, 0.6) is 0 Å². The first-order valence-corrected chi connectivity index (χ1v) is 11.7. The van der Waals surface area contributed by atoms with Crippen LogP contribution in [0.3, 0.4) is 0 Å². The largest absolute Gasteiger partial charge is 0.452 e. The zero-order valence-electron chi connectivity index (χ0n) is 16.8. The predicted molar refractivity (Wildman–Crippen MR) is 118 cm³/mol. The van der Waals surface area contributed by atoms with Crippen molar-refractivity contribution in [2.75, 3.05) is 30.7 Å². The molecule has 1 heterocycles. The standard InChI is InChI=1S/C21H24ClN3O5S/c22-15-8-9-18(19(23)12-15)21(27)30-14-20(26)24-16-6-5-7-17(13-16)31(28,29)25-10-3-1-2-4-11-25/h5-9,12-13H,1-4,10-11,14,23H2,(H,24,26). The third kappa shape index (κ3) is 5.96. The van der Waals surface area contributed by atoms with Crippen molar-refractivity contribution in [1.29, 1.82) is 0 Å². The smallest absolute Gasteiger partial charge is 0.340 e. The number of ether oxygens (including phenoxy) is 1. The van der Waals surface area contributed by atoms with Gasteiger partial charge in [0.1, 0.15) is 0 Å². The number of esters is 1. The number of hydrogen-bond donors (Lipinski definition) is 2. The fourth-order valence-corrected chi connectivity index (χ4v) is 5.03. The Labute approximate surface area is 186 Å². The van der Waals surface area contributed by atoms with E-state index >= 15 is 0 Å². The van der Waals surface area contributed by atoms with E-state index in [1.54, 1.807) is 12.1 Å². The number of hydrogen-bond acceptors (Lipinski definition) is 6. The first kappa shape index (κ1) is 23.1. The second-order valence-corrected chi connectivity index (χ2v) is 9.58. The summed E-state index contributed by atoms with van der Waals surface area (Å²) in [5.74, 6) is -1.37. The van der Waals surface area contributed by atoms with E-state index in [4.69, 9.17) is 22.1 Å². The monoisotopic (exact) mass is 465 g/mol. The van der Waals surface area contributed by atoms with Gasteiger partial charge in [-0.2, -0.15) is 4.31 Å². The van der Waals surface area contributed by atoms with Gasteiger partial charge < -0.3 is 15.8 Å². The number of sulfonamides is 1. The number of amides is 1. The minimum absolute atomic E-state index is 0.0998. The summed E-state index contributed by atoms with van der Waals surface area (Å²) in [7, 11) is -3.64. The summed E-state index contributed by atoms with van der Waals surface area (Å²) in [6.45, 7) is 0.426. The molecule has 3 rings (SSSR count). The number of nitrogen functional groups attached to an aromatic ring is 1. The summed E-state index contributed by atoms with van der Waals surface area (Å²) in [4.78, 5) is 24.4. The molecule has 2 aromatic rings. The number of carbonyl (C=O) groups excluding carboxylic acids is 2. The molecule has 1 aliphatic heterocycles. The Balaban J connectivity index is 1.62. The summed E-state index contributed by atoms with van der Waals surface area (Å²) < 4.78 is 32.3.